The molecular weight excluding hydrogens is 254 g/mol. The van der Waals surface area contributed by atoms with Crippen LogP contribution in [0.25, 0.3) is 0 Å². The first kappa shape index (κ1) is 13.2. The van der Waals surface area contributed by atoms with Gasteiger partial charge in [-0.3, -0.25) is 4.90 Å². The maximum absolute atomic E-state index is 8.78. The fourth-order valence-corrected chi connectivity index (χ4v) is 4.32. The van der Waals surface area contributed by atoms with Crippen LogP contribution in [0.5, 0.6) is 0 Å². The van der Waals surface area contributed by atoms with E-state index in [4.69, 9.17) is 5.11 Å². The summed E-state index contributed by atoms with van der Waals surface area (Å²) in [6.07, 6.45) is 4.90. The Morgan fingerprint density at radius 2 is 2.11 bits per heavy atom. The lowest BCUT2D eigenvalue weighted by atomic mass is 10.0. The Hall–Kier alpha value is -0.820. The van der Waals surface area contributed by atoms with E-state index < -0.39 is 0 Å². The van der Waals surface area contributed by atoms with Gasteiger partial charge < -0.3 is 5.11 Å². The molecule has 2 unspecified atom stereocenters. The van der Waals surface area contributed by atoms with Crippen LogP contribution in [0.2, 0.25) is 0 Å². The standard InChI is InChI=1S/C16H21NOS/c18-8-2-1-4-13-7-9-19-16(13)12-17-10-14-5-3-6-15(14)11-17/h7,9,14-15,18H,2-3,5-6,8,10-12H2. The molecule has 2 fully saturated rings. The van der Waals surface area contributed by atoms with Gasteiger partial charge in [-0.2, -0.15) is 0 Å². The van der Waals surface area contributed by atoms with Crippen molar-refractivity contribution >= 4 is 11.3 Å². The summed E-state index contributed by atoms with van der Waals surface area (Å²) < 4.78 is 0. The minimum atomic E-state index is 0.155. The van der Waals surface area contributed by atoms with E-state index in [0.717, 1.165) is 23.9 Å². The summed E-state index contributed by atoms with van der Waals surface area (Å²) in [7, 11) is 0. The molecule has 102 valence electrons. The molecule has 0 spiro atoms. The van der Waals surface area contributed by atoms with Crippen molar-refractivity contribution in [3.05, 3.63) is 21.9 Å². The van der Waals surface area contributed by atoms with Crippen LogP contribution in [0.15, 0.2) is 11.4 Å². The summed E-state index contributed by atoms with van der Waals surface area (Å²) in [4.78, 5) is 4.00. The van der Waals surface area contributed by atoms with Gasteiger partial charge in [0.1, 0.15) is 0 Å². The Morgan fingerprint density at radius 3 is 2.84 bits per heavy atom. The summed E-state index contributed by atoms with van der Waals surface area (Å²) >= 11 is 1.82. The molecule has 0 bridgehead atoms. The fourth-order valence-electron chi connectivity index (χ4n) is 3.45. The highest BCUT2D eigenvalue weighted by Gasteiger charge is 2.35. The summed E-state index contributed by atoms with van der Waals surface area (Å²) in [5.74, 6) is 8.15. The van der Waals surface area contributed by atoms with Crippen LogP contribution >= 0.6 is 11.3 Å². The van der Waals surface area contributed by atoms with Gasteiger partial charge in [0.15, 0.2) is 0 Å². The molecule has 1 saturated carbocycles. The van der Waals surface area contributed by atoms with E-state index in [-0.39, 0.29) is 6.61 Å². The summed E-state index contributed by atoms with van der Waals surface area (Å²) in [6.45, 7) is 3.79. The predicted octanol–water partition coefficient (Wildman–Crippen LogP) is 2.71. The van der Waals surface area contributed by atoms with Crippen molar-refractivity contribution in [3.63, 3.8) is 0 Å². The number of hydrogen-bond donors (Lipinski definition) is 1. The predicted molar refractivity (Wildman–Crippen MR) is 79.0 cm³/mol. The Morgan fingerprint density at radius 1 is 1.32 bits per heavy atom. The molecule has 1 aromatic rings. The number of rotatable bonds is 3. The van der Waals surface area contributed by atoms with Gasteiger partial charge in [0.25, 0.3) is 0 Å². The number of thiophene rings is 1. The van der Waals surface area contributed by atoms with Gasteiger partial charge in [0.05, 0.1) is 6.61 Å². The maximum Gasteiger partial charge on any atom is 0.0540 e. The van der Waals surface area contributed by atoms with Crippen molar-refractivity contribution in [1.29, 1.82) is 0 Å². The van der Waals surface area contributed by atoms with Gasteiger partial charge in [0, 0.05) is 36.5 Å². The van der Waals surface area contributed by atoms with Gasteiger partial charge in [-0.25, -0.2) is 0 Å². The van der Waals surface area contributed by atoms with E-state index in [1.807, 2.05) is 11.3 Å². The van der Waals surface area contributed by atoms with Crippen molar-refractivity contribution in [2.24, 2.45) is 11.8 Å². The average molecular weight is 275 g/mol. The molecule has 0 amide bonds. The third kappa shape index (κ3) is 3.02. The van der Waals surface area contributed by atoms with Crippen molar-refractivity contribution in [1.82, 2.24) is 4.90 Å². The summed E-state index contributed by atoms with van der Waals surface area (Å²) in [6, 6.07) is 2.11. The molecule has 1 aliphatic carbocycles. The molecule has 1 aromatic heterocycles. The Labute approximate surface area is 119 Å². The lowest BCUT2D eigenvalue weighted by Gasteiger charge is -2.15. The third-order valence-electron chi connectivity index (χ3n) is 4.37. The topological polar surface area (TPSA) is 23.5 Å². The fraction of sp³-hybridized carbons (Fsp3) is 0.625. The van der Waals surface area contributed by atoms with Crippen LogP contribution in [0.1, 0.15) is 36.1 Å². The zero-order valence-corrected chi connectivity index (χ0v) is 12.1. The van der Waals surface area contributed by atoms with E-state index in [2.05, 4.69) is 28.2 Å². The maximum atomic E-state index is 8.78. The van der Waals surface area contributed by atoms with Crippen LogP contribution in [-0.2, 0) is 6.54 Å². The van der Waals surface area contributed by atoms with Crippen LogP contribution in [0.3, 0.4) is 0 Å². The second-order valence-electron chi connectivity index (χ2n) is 5.68. The first-order valence-corrected chi connectivity index (χ1v) is 8.13. The lowest BCUT2D eigenvalue weighted by molar-refractivity contribution is 0.305. The Kier molecular flexibility index (Phi) is 4.22. The molecule has 0 radical (unpaired) electrons. The van der Waals surface area contributed by atoms with Crippen LogP contribution in [0.4, 0.5) is 0 Å². The first-order chi connectivity index (χ1) is 9.36. The summed E-state index contributed by atoms with van der Waals surface area (Å²) in [5, 5.41) is 10.9. The number of nitrogens with zero attached hydrogens (tertiary/aromatic N) is 1. The Bertz CT molecular complexity index is 472. The number of likely N-dealkylation sites (tertiary alicyclic amines) is 1. The molecule has 2 atom stereocenters. The molecule has 2 nitrogen and oxygen atoms in total. The number of aliphatic hydroxyl groups is 1. The molecule has 3 heteroatoms. The van der Waals surface area contributed by atoms with Crippen molar-refractivity contribution in [2.45, 2.75) is 32.2 Å². The van der Waals surface area contributed by atoms with Crippen LogP contribution < -0.4 is 0 Å². The van der Waals surface area contributed by atoms with Gasteiger partial charge in [-0.15, -0.1) is 11.3 Å². The molecule has 3 rings (SSSR count). The van der Waals surface area contributed by atoms with Gasteiger partial charge in [-0.1, -0.05) is 18.3 Å². The van der Waals surface area contributed by atoms with Crippen molar-refractivity contribution in [2.75, 3.05) is 19.7 Å². The zero-order chi connectivity index (χ0) is 13.1. The number of aliphatic hydroxyl groups excluding tert-OH is 1. The van der Waals surface area contributed by atoms with Crippen molar-refractivity contribution < 1.29 is 5.11 Å². The molecular formula is C16H21NOS. The Balaban J connectivity index is 1.62. The van der Waals surface area contributed by atoms with Gasteiger partial charge in [0.2, 0.25) is 0 Å². The second-order valence-corrected chi connectivity index (χ2v) is 6.68. The van der Waals surface area contributed by atoms with E-state index in [1.54, 1.807) is 0 Å². The smallest absolute Gasteiger partial charge is 0.0540 e. The van der Waals surface area contributed by atoms with Gasteiger partial charge in [-0.05, 0) is 36.1 Å². The highest BCUT2D eigenvalue weighted by Crippen LogP contribution is 2.38. The van der Waals surface area contributed by atoms with E-state index in [9.17, 15) is 0 Å². The molecule has 2 heterocycles. The number of fused-ring (bicyclic) bond motifs is 1. The second kappa shape index (κ2) is 6.09. The molecule has 2 aliphatic rings. The molecule has 19 heavy (non-hydrogen) atoms. The highest BCUT2D eigenvalue weighted by atomic mass is 32.1. The average Bonchev–Trinajstić information content (AvgIpc) is 3.06. The number of hydrogen-bond acceptors (Lipinski definition) is 3. The van der Waals surface area contributed by atoms with E-state index >= 15 is 0 Å². The summed E-state index contributed by atoms with van der Waals surface area (Å²) in [5.41, 5.74) is 1.16. The highest BCUT2D eigenvalue weighted by molar-refractivity contribution is 7.10. The van der Waals surface area contributed by atoms with Crippen LogP contribution in [-0.4, -0.2) is 29.7 Å². The minimum Gasteiger partial charge on any atom is -0.395 e. The SMILES string of the molecule is OCCC#Cc1ccsc1CN1CC2CCCC2C1. The lowest BCUT2D eigenvalue weighted by Crippen LogP contribution is -2.20. The van der Waals surface area contributed by atoms with E-state index in [1.165, 1.54) is 37.2 Å². The van der Waals surface area contributed by atoms with Crippen molar-refractivity contribution in [3.8, 4) is 11.8 Å². The molecule has 0 aromatic carbocycles. The quantitative estimate of drug-likeness (QED) is 0.857. The minimum absolute atomic E-state index is 0.155. The monoisotopic (exact) mass is 275 g/mol. The van der Waals surface area contributed by atoms with Gasteiger partial charge >= 0.3 is 0 Å². The normalized spacial score (nSPS) is 26.2. The zero-order valence-electron chi connectivity index (χ0n) is 11.3. The molecule has 1 aliphatic heterocycles. The first-order valence-electron chi connectivity index (χ1n) is 7.25. The van der Waals surface area contributed by atoms with E-state index in [0.29, 0.717) is 6.42 Å². The largest absolute Gasteiger partial charge is 0.395 e. The molecule has 1 N–H and O–H groups in total. The van der Waals surface area contributed by atoms with Crippen LogP contribution in [0, 0.1) is 23.7 Å². The third-order valence-corrected chi connectivity index (χ3v) is 5.28. The molecule has 1 saturated heterocycles.